The molecule has 1 saturated carbocycles. The zero-order valence-electron chi connectivity index (χ0n) is 17.5. The Morgan fingerprint density at radius 1 is 1.26 bits per heavy atom. The van der Waals surface area contributed by atoms with Crippen molar-refractivity contribution in [1.29, 1.82) is 0 Å². The van der Waals surface area contributed by atoms with Crippen LogP contribution < -0.4 is 16.0 Å². The van der Waals surface area contributed by atoms with Crippen molar-refractivity contribution < 1.29 is 9.26 Å². The van der Waals surface area contributed by atoms with Crippen LogP contribution in [0, 0.1) is 6.92 Å². The Morgan fingerprint density at radius 3 is 2.71 bits per heavy atom. The molecule has 31 heavy (non-hydrogen) atoms. The molecule has 0 saturated heterocycles. The lowest BCUT2D eigenvalue weighted by Crippen LogP contribution is -2.40. The average Bonchev–Trinajstić information content (AvgIpc) is 3.48. The fraction of sp³-hybridized carbons (Fsp3) is 0.579. The highest BCUT2D eigenvalue weighted by molar-refractivity contribution is 14.2. The molecule has 3 aromatic rings. The lowest BCUT2D eigenvalue weighted by molar-refractivity contribution is 0.186. The Bertz CT molecular complexity index is 1180. The second-order valence-corrected chi connectivity index (χ2v) is 10.3. The SMILES string of the molecule is Cc1csc(Cn2c(OC3CCCC3)nc3c2c(=O)n(CCCOPI)c(=O)n3C)n1. The van der Waals surface area contributed by atoms with Crippen molar-refractivity contribution >= 4 is 51.0 Å². The zero-order valence-corrected chi connectivity index (χ0v) is 21.4. The first kappa shape index (κ1) is 22.9. The number of aromatic nitrogens is 5. The Balaban J connectivity index is 1.81. The molecular weight excluding hydrogens is 552 g/mol. The molecule has 0 spiro atoms. The van der Waals surface area contributed by atoms with Crippen LogP contribution in [-0.4, -0.2) is 36.4 Å². The smallest absolute Gasteiger partial charge is 0.332 e. The van der Waals surface area contributed by atoms with Crippen LogP contribution in [0.15, 0.2) is 15.0 Å². The maximum absolute atomic E-state index is 13.4. The lowest BCUT2D eigenvalue weighted by Gasteiger charge is -2.13. The van der Waals surface area contributed by atoms with Gasteiger partial charge in [0.2, 0.25) is 0 Å². The molecule has 168 valence electrons. The molecule has 0 bridgehead atoms. The number of nitrogens with zero attached hydrogens (tertiary/aromatic N) is 5. The monoisotopic (exact) mass is 577 g/mol. The molecule has 1 unspecified atom stereocenters. The van der Waals surface area contributed by atoms with E-state index in [1.165, 1.54) is 20.5 Å². The molecule has 1 atom stereocenters. The number of ether oxygens (including phenoxy) is 1. The van der Waals surface area contributed by atoms with E-state index in [1.54, 1.807) is 11.6 Å². The summed E-state index contributed by atoms with van der Waals surface area (Å²) in [6, 6.07) is 0.383. The first-order valence-corrected chi connectivity index (χ1v) is 15.1. The van der Waals surface area contributed by atoms with Crippen molar-refractivity contribution in [3.8, 4) is 6.01 Å². The molecular formula is C19H25IN5O4PS. The molecule has 0 aliphatic heterocycles. The molecule has 12 heteroatoms. The number of fused-ring (bicyclic) bond motifs is 1. The maximum Gasteiger partial charge on any atom is 0.332 e. The number of aryl methyl sites for hydroxylation is 2. The van der Waals surface area contributed by atoms with Gasteiger partial charge in [-0.15, -0.1) is 11.3 Å². The number of halogens is 1. The molecule has 0 radical (unpaired) electrons. The standard InChI is InChI=1S/C19H25IN5O4PS/c1-12-11-31-14(21-12)10-25-15-16(22-18(25)29-13-6-3-4-7-13)23(2)19(27)24(17(15)26)8-5-9-28-30-20/h11,13,30H,3-10H2,1-2H3. The normalized spacial score (nSPS) is 15.1. The van der Waals surface area contributed by atoms with Gasteiger partial charge in [-0.3, -0.25) is 18.5 Å². The van der Waals surface area contributed by atoms with Crippen LogP contribution in [0.3, 0.4) is 0 Å². The van der Waals surface area contributed by atoms with Gasteiger partial charge in [0.15, 0.2) is 11.2 Å². The van der Waals surface area contributed by atoms with Gasteiger partial charge in [0.25, 0.3) is 11.6 Å². The number of hydrogen-bond acceptors (Lipinski definition) is 7. The van der Waals surface area contributed by atoms with Gasteiger partial charge in [-0.2, -0.15) is 4.98 Å². The summed E-state index contributed by atoms with van der Waals surface area (Å²) >= 11 is 3.69. The summed E-state index contributed by atoms with van der Waals surface area (Å²) in [4.78, 5) is 35.4. The molecule has 4 rings (SSSR count). The van der Waals surface area contributed by atoms with Crippen LogP contribution >= 0.6 is 39.8 Å². The van der Waals surface area contributed by atoms with Crippen molar-refractivity contribution in [3.63, 3.8) is 0 Å². The molecule has 0 N–H and O–H groups in total. The second kappa shape index (κ2) is 10.1. The van der Waals surface area contributed by atoms with Gasteiger partial charge in [0.05, 0.1) is 19.6 Å². The van der Waals surface area contributed by atoms with E-state index in [1.807, 2.05) is 12.3 Å². The molecule has 1 aliphatic carbocycles. The first-order valence-electron chi connectivity index (χ1n) is 10.2. The Hall–Kier alpha value is -1.30. The van der Waals surface area contributed by atoms with Crippen LogP contribution in [0.2, 0.25) is 0 Å². The van der Waals surface area contributed by atoms with E-state index < -0.39 is 0 Å². The Morgan fingerprint density at radius 2 is 2.03 bits per heavy atom. The second-order valence-electron chi connectivity index (χ2n) is 7.64. The average molecular weight is 577 g/mol. The predicted molar refractivity (Wildman–Crippen MR) is 131 cm³/mol. The fourth-order valence-electron chi connectivity index (χ4n) is 3.88. The van der Waals surface area contributed by atoms with E-state index in [2.05, 4.69) is 32.0 Å². The minimum atomic E-state index is -0.378. The minimum Gasteiger partial charge on any atom is -0.461 e. The summed E-state index contributed by atoms with van der Waals surface area (Å²) in [5.74, 6) is 0. The van der Waals surface area contributed by atoms with Crippen LogP contribution in [0.5, 0.6) is 6.01 Å². The van der Waals surface area contributed by atoms with Crippen molar-refractivity contribution in [3.05, 3.63) is 36.9 Å². The molecule has 0 aromatic carbocycles. The molecule has 9 nitrogen and oxygen atoms in total. The summed E-state index contributed by atoms with van der Waals surface area (Å²) < 4.78 is 16.1. The Labute approximate surface area is 198 Å². The highest BCUT2D eigenvalue weighted by Crippen LogP contribution is 2.27. The van der Waals surface area contributed by atoms with Crippen molar-refractivity contribution in [1.82, 2.24) is 23.7 Å². The third-order valence-corrected chi connectivity index (χ3v) is 7.61. The third-order valence-electron chi connectivity index (χ3n) is 5.41. The molecule has 1 aliphatic rings. The maximum atomic E-state index is 13.4. The van der Waals surface area contributed by atoms with Gasteiger partial charge in [-0.25, -0.2) is 9.78 Å². The summed E-state index contributed by atoms with van der Waals surface area (Å²) in [5.41, 5.74) is 0.925. The zero-order chi connectivity index (χ0) is 22.0. The van der Waals surface area contributed by atoms with Crippen LogP contribution in [-0.2, 0) is 24.7 Å². The number of thiazole rings is 1. The van der Waals surface area contributed by atoms with Gasteiger partial charge in [0.1, 0.15) is 11.1 Å². The minimum absolute atomic E-state index is 0.0825. The van der Waals surface area contributed by atoms with Crippen LogP contribution in [0.4, 0.5) is 0 Å². The van der Waals surface area contributed by atoms with Gasteiger partial charge in [-0.1, -0.05) is 0 Å². The number of imidazole rings is 1. The third kappa shape index (κ3) is 4.89. The van der Waals surface area contributed by atoms with E-state index in [9.17, 15) is 9.59 Å². The molecule has 1 fully saturated rings. The van der Waals surface area contributed by atoms with Crippen LogP contribution in [0.25, 0.3) is 11.2 Å². The van der Waals surface area contributed by atoms with Gasteiger partial charge < -0.3 is 9.26 Å². The topological polar surface area (TPSA) is 93.2 Å². The summed E-state index contributed by atoms with van der Waals surface area (Å²) in [6.45, 7) is 3.47. The molecule has 3 heterocycles. The molecule has 0 amide bonds. The number of hydrogen-bond donors (Lipinski definition) is 0. The van der Waals surface area contributed by atoms with E-state index in [-0.39, 0.29) is 17.4 Å². The van der Waals surface area contributed by atoms with Gasteiger partial charge in [0, 0.05) is 24.7 Å². The van der Waals surface area contributed by atoms with E-state index in [4.69, 9.17) is 9.26 Å². The van der Waals surface area contributed by atoms with Crippen molar-refractivity contribution in [2.75, 3.05) is 6.61 Å². The van der Waals surface area contributed by atoms with Gasteiger partial charge >= 0.3 is 5.69 Å². The number of rotatable bonds is 9. The highest BCUT2D eigenvalue weighted by Gasteiger charge is 2.25. The Kier molecular flexibility index (Phi) is 7.45. The fourth-order valence-corrected chi connectivity index (χ4v) is 5.53. The largest absolute Gasteiger partial charge is 0.461 e. The first-order chi connectivity index (χ1) is 15.0. The summed E-state index contributed by atoms with van der Waals surface area (Å²) in [6.07, 6.45) is 4.87. The summed E-state index contributed by atoms with van der Waals surface area (Å²) in [5, 5.41) is 2.85. The van der Waals surface area contributed by atoms with Gasteiger partial charge in [-0.05, 0) is 61.1 Å². The van der Waals surface area contributed by atoms with Crippen molar-refractivity contribution in [2.24, 2.45) is 7.05 Å². The lowest BCUT2D eigenvalue weighted by atomic mass is 10.3. The van der Waals surface area contributed by atoms with E-state index in [0.717, 1.165) is 36.4 Å². The summed E-state index contributed by atoms with van der Waals surface area (Å²) in [7, 11) is 1.65. The van der Waals surface area contributed by atoms with Crippen LogP contribution in [0.1, 0.15) is 42.8 Å². The van der Waals surface area contributed by atoms with E-state index in [0.29, 0.717) is 49.7 Å². The van der Waals surface area contributed by atoms with E-state index >= 15 is 0 Å². The molecule has 3 aromatic heterocycles. The highest BCUT2D eigenvalue weighted by atomic mass is 127. The quantitative estimate of drug-likeness (QED) is 0.220. The predicted octanol–water partition coefficient (Wildman–Crippen LogP) is 3.38. The van der Waals surface area contributed by atoms with Crippen molar-refractivity contribution in [2.45, 2.75) is 58.2 Å².